The Morgan fingerprint density at radius 2 is 1.09 bits per heavy atom. The summed E-state index contributed by atoms with van der Waals surface area (Å²) < 4.78 is 18.1. The third kappa shape index (κ3) is 28.0. The van der Waals surface area contributed by atoms with E-state index in [4.69, 9.17) is 4.52 Å². The van der Waals surface area contributed by atoms with Crippen LogP contribution in [0.2, 0.25) is 0 Å². The molecule has 0 aliphatic rings. The van der Waals surface area contributed by atoms with E-state index in [9.17, 15) is 9.46 Å². The lowest BCUT2D eigenvalue weighted by Gasteiger charge is -2.24. The van der Waals surface area contributed by atoms with Gasteiger partial charge in [0.25, 0.3) is 0 Å². The average molecular weight is 489 g/mol. The van der Waals surface area contributed by atoms with Crippen LogP contribution in [0.3, 0.4) is 0 Å². The van der Waals surface area contributed by atoms with Gasteiger partial charge < -0.3 is 13.9 Å². The number of nitrogens with zero attached hydrogens (tertiary/aromatic N) is 1. The van der Waals surface area contributed by atoms with Crippen molar-refractivity contribution < 1.29 is 18.5 Å². The van der Waals surface area contributed by atoms with Gasteiger partial charge in [0, 0.05) is 6.42 Å². The Morgan fingerprint density at radius 1 is 0.667 bits per heavy atom. The highest BCUT2D eigenvalue weighted by atomic mass is 31.2. The van der Waals surface area contributed by atoms with E-state index in [1.807, 2.05) is 0 Å². The highest BCUT2D eigenvalue weighted by Crippen LogP contribution is 2.42. The number of hydrogen-bond acceptors (Lipinski definition) is 2. The van der Waals surface area contributed by atoms with Gasteiger partial charge in [-0.3, -0.25) is 4.57 Å². The van der Waals surface area contributed by atoms with Crippen LogP contribution in [0.1, 0.15) is 129 Å². The van der Waals surface area contributed by atoms with E-state index in [-0.39, 0.29) is 6.16 Å². The van der Waals surface area contributed by atoms with Crippen molar-refractivity contribution in [3.05, 3.63) is 12.2 Å². The van der Waals surface area contributed by atoms with E-state index >= 15 is 0 Å². The second-order valence-corrected chi connectivity index (χ2v) is 12.9. The summed E-state index contributed by atoms with van der Waals surface area (Å²) in [4.78, 5) is 9.89. The van der Waals surface area contributed by atoms with Crippen LogP contribution >= 0.6 is 7.60 Å². The molecule has 0 rings (SSSR count). The van der Waals surface area contributed by atoms with Gasteiger partial charge in [0.2, 0.25) is 0 Å². The summed E-state index contributed by atoms with van der Waals surface area (Å²) in [6, 6.07) is 0. The Morgan fingerprint density at radius 3 is 1.55 bits per heavy atom. The van der Waals surface area contributed by atoms with Gasteiger partial charge in [0.05, 0.1) is 40.5 Å². The highest BCUT2D eigenvalue weighted by Gasteiger charge is 2.20. The maximum atomic E-state index is 12.0. The van der Waals surface area contributed by atoms with Gasteiger partial charge in [-0.25, -0.2) is 0 Å². The predicted octanol–water partition coefficient (Wildman–Crippen LogP) is 8.88. The third-order valence-corrected chi connectivity index (χ3v) is 7.69. The molecule has 0 spiro atoms. The molecular weight excluding hydrogens is 429 g/mol. The molecule has 1 N–H and O–H groups in total. The van der Waals surface area contributed by atoms with Gasteiger partial charge >= 0.3 is 7.60 Å². The summed E-state index contributed by atoms with van der Waals surface area (Å²) in [6.07, 6.45) is 29.3. The fourth-order valence-electron chi connectivity index (χ4n) is 4.07. The number of unbranched alkanes of at least 4 members (excludes halogenated alkanes) is 16. The van der Waals surface area contributed by atoms with Crippen molar-refractivity contribution in [1.82, 2.24) is 0 Å². The van der Waals surface area contributed by atoms with Crippen molar-refractivity contribution >= 4 is 7.60 Å². The molecule has 0 aromatic heterocycles. The number of hydrogen-bond donors (Lipinski definition) is 1. The van der Waals surface area contributed by atoms with Gasteiger partial charge in [-0.2, -0.15) is 0 Å². The van der Waals surface area contributed by atoms with Gasteiger partial charge in [-0.05, 0) is 32.1 Å². The van der Waals surface area contributed by atoms with Crippen molar-refractivity contribution in [3.63, 3.8) is 0 Å². The van der Waals surface area contributed by atoms with E-state index in [2.05, 4.69) is 40.2 Å². The second-order valence-electron chi connectivity index (χ2n) is 10.9. The molecule has 5 heteroatoms. The van der Waals surface area contributed by atoms with E-state index in [1.54, 1.807) is 0 Å². The third-order valence-electron chi connectivity index (χ3n) is 6.22. The quantitative estimate of drug-likeness (QED) is 0.0604. The fourth-order valence-corrected chi connectivity index (χ4v) is 5.16. The van der Waals surface area contributed by atoms with Crippen LogP contribution in [0.25, 0.3) is 0 Å². The van der Waals surface area contributed by atoms with Gasteiger partial charge in [0.15, 0.2) is 0 Å². The lowest BCUT2D eigenvalue weighted by molar-refractivity contribution is -0.870. The van der Waals surface area contributed by atoms with Crippen LogP contribution in [0.5, 0.6) is 0 Å². The summed E-state index contributed by atoms with van der Waals surface area (Å²) in [7, 11) is 2.90. The largest absolute Gasteiger partial charge is 0.331 e. The van der Waals surface area contributed by atoms with Crippen LogP contribution in [-0.2, 0) is 9.09 Å². The Kier molecular flexibility index (Phi) is 22.2. The summed E-state index contributed by atoms with van der Waals surface area (Å²) >= 11 is 0. The molecule has 0 aliphatic heterocycles. The molecule has 4 nitrogen and oxygen atoms in total. The molecule has 0 saturated heterocycles. The average Bonchev–Trinajstić information content (AvgIpc) is 2.73. The number of quaternary nitrogens is 1. The van der Waals surface area contributed by atoms with Crippen molar-refractivity contribution in [1.29, 1.82) is 0 Å². The van der Waals surface area contributed by atoms with Crippen molar-refractivity contribution in [2.45, 2.75) is 129 Å². The van der Waals surface area contributed by atoms with E-state index in [0.29, 0.717) is 6.61 Å². The van der Waals surface area contributed by atoms with Crippen molar-refractivity contribution in [3.8, 4) is 0 Å². The van der Waals surface area contributed by atoms with Crippen LogP contribution in [0.4, 0.5) is 0 Å². The first-order valence-electron chi connectivity index (χ1n) is 14.2. The van der Waals surface area contributed by atoms with Crippen LogP contribution in [0.15, 0.2) is 12.2 Å². The molecule has 0 heterocycles. The van der Waals surface area contributed by atoms with Crippen molar-refractivity contribution in [2.24, 2.45) is 0 Å². The molecule has 0 aromatic carbocycles. The molecule has 0 aromatic rings. The fraction of sp³-hybridized carbons (Fsp3) is 0.929. The topological polar surface area (TPSA) is 46.5 Å². The van der Waals surface area contributed by atoms with E-state index < -0.39 is 7.60 Å². The van der Waals surface area contributed by atoms with E-state index in [1.165, 1.54) is 103 Å². The molecule has 198 valence electrons. The van der Waals surface area contributed by atoms with Gasteiger partial charge in [0.1, 0.15) is 0 Å². The van der Waals surface area contributed by atoms with Gasteiger partial charge in [-0.1, -0.05) is 103 Å². The van der Waals surface area contributed by atoms with E-state index in [0.717, 1.165) is 30.3 Å². The zero-order valence-electron chi connectivity index (χ0n) is 22.9. The number of allylic oxidation sites excluding steroid dienone is 2. The predicted molar refractivity (Wildman–Crippen MR) is 146 cm³/mol. The maximum Gasteiger partial charge on any atom is 0.328 e. The first-order chi connectivity index (χ1) is 15.8. The standard InChI is InChI=1S/C28H58NO3P/c1-5-6-7-8-9-10-11-12-13-14-15-16-17-18-19-20-21-22-23-24-27-32-33(30,31)28-25-26-29(2,3)4/h12-13H,5-11,14-28H2,1-4H3/p+1/b13-12-. The Balaban J connectivity index is 3.29. The molecule has 1 unspecified atom stereocenters. The molecule has 0 saturated carbocycles. The Hall–Kier alpha value is -0.150. The molecule has 0 aliphatic carbocycles. The minimum atomic E-state index is -3.39. The summed E-state index contributed by atoms with van der Waals surface area (Å²) in [6.45, 7) is 3.59. The SMILES string of the molecule is CCCCCCCC/C=C\CCCCCCCCCCCCOP(=O)(O)CCC[N+](C)(C)C. The van der Waals surface area contributed by atoms with Gasteiger partial charge in [-0.15, -0.1) is 0 Å². The second kappa shape index (κ2) is 22.3. The number of rotatable bonds is 25. The lowest BCUT2D eigenvalue weighted by Crippen LogP contribution is -2.35. The molecular formula is C28H59NO3P+. The zero-order chi connectivity index (χ0) is 24.7. The maximum absolute atomic E-state index is 12.0. The normalized spacial score (nSPS) is 14.2. The molecule has 0 radical (unpaired) electrons. The first-order valence-corrected chi connectivity index (χ1v) is 15.9. The minimum absolute atomic E-state index is 0.276. The van der Waals surface area contributed by atoms with Crippen LogP contribution < -0.4 is 0 Å². The zero-order valence-corrected chi connectivity index (χ0v) is 23.8. The monoisotopic (exact) mass is 488 g/mol. The summed E-state index contributed by atoms with van der Waals surface area (Å²) in [5.41, 5.74) is 0. The molecule has 0 amide bonds. The van der Waals surface area contributed by atoms with Crippen LogP contribution in [-0.4, -0.2) is 49.8 Å². The highest BCUT2D eigenvalue weighted by molar-refractivity contribution is 7.52. The molecule has 33 heavy (non-hydrogen) atoms. The summed E-state index contributed by atoms with van der Waals surface area (Å²) in [5, 5.41) is 0. The van der Waals surface area contributed by atoms with Crippen LogP contribution in [0, 0.1) is 0 Å². The molecule has 1 atom stereocenters. The summed E-state index contributed by atoms with van der Waals surface area (Å²) in [5.74, 6) is 0. The lowest BCUT2D eigenvalue weighted by atomic mass is 10.1. The Labute approximate surface area is 207 Å². The smallest absolute Gasteiger partial charge is 0.328 e. The molecule has 0 bridgehead atoms. The molecule has 0 fully saturated rings. The first kappa shape index (κ1) is 32.8. The Bertz CT molecular complexity index is 488. The van der Waals surface area contributed by atoms with Crippen molar-refractivity contribution in [2.75, 3.05) is 40.5 Å². The minimum Gasteiger partial charge on any atom is -0.331 e.